The molecule has 4 nitrogen and oxygen atoms in total. The van der Waals surface area contributed by atoms with Gasteiger partial charge in [0.25, 0.3) is 5.56 Å². The molecule has 0 amide bonds. The van der Waals surface area contributed by atoms with Crippen LogP contribution in [0.15, 0.2) is 11.0 Å². The lowest BCUT2D eigenvalue weighted by Gasteiger charge is -1.99. The second-order valence-corrected chi connectivity index (χ2v) is 2.01. The Kier molecular flexibility index (Phi) is 4.24. The van der Waals surface area contributed by atoms with Crippen LogP contribution in [0.2, 0.25) is 0 Å². The number of hydrogen-bond donors (Lipinski definition) is 2. The Morgan fingerprint density at radius 3 is 2.50 bits per heavy atom. The first-order valence-corrected chi connectivity index (χ1v) is 3.31. The number of aromatic amines is 1. The van der Waals surface area contributed by atoms with Gasteiger partial charge in [0.2, 0.25) is 0 Å². The summed E-state index contributed by atoms with van der Waals surface area (Å²) in [4.78, 5) is 10.9. The number of nitrogens with one attached hydrogen (secondary N) is 2. The largest absolute Gasteiger partial charge is 0.383 e. The van der Waals surface area contributed by atoms with Gasteiger partial charge in [-0.25, -0.2) is 5.10 Å². The molecule has 1 aromatic heterocycles. The number of rotatable bonds is 1. The van der Waals surface area contributed by atoms with E-state index in [1.165, 1.54) is 0 Å². The SMILES string of the molecule is C#C.CNc1c(C)cn[nH]c1=O. The number of H-pyrrole nitrogens is 1. The molecule has 4 heteroatoms. The molecule has 64 valence electrons. The summed E-state index contributed by atoms with van der Waals surface area (Å²) in [7, 11) is 1.71. The van der Waals surface area contributed by atoms with Gasteiger partial charge in [0, 0.05) is 7.05 Å². The van der Waals surface area contributed by atoms with Crippen LogP contribution in [-0.2, 0) is 0 Å². The summed E-state index contributed by atoms with van der Waals surface area (Å²) in [6.45, 7) is 1.83. The fourth-order valence-electron chi connectivity index (χ4n) is 0.798. The molecule has 1 rings (SSSR count). The van der Waals surface area contributed by atoms with Gasteiger partial charge >= 0.3 is 0 Å². The van der Waals surface area contributed by atoms with Crippen molar-refractivity contribution in [1.82, 2.24) is 10.2 Å². The van der Waals surface area contributed by atoms with Gasteiger partial charge in [0.05, 0.1) is 6.20 Å². The molecule has 0 bridgehead atoms. The molecule has 0 aliphatic carbocycles. The first kappa shape index (κ1) is 10.2. The molecule has 0 spiro atoms. The Morgan fingerprint density at radius 1 is 1.58 bits per heavy atom. The third-order valence-electron chi connectivity index (χ3n) is 1.30. The van der Waals surface area contributed by atoms with E-state index in [2.05, 4.69) is 28.4 Å². The number of hydrogen-bond acceptors (Lipinski definition) is 3. The molecule has 1 aromatic rings. The summed E-state index contributed by atoms with van der Waals surface area (Å²) in [5.74, 6) is 0. The van der Waals surface area contributed by atoms with Gasteiger partial charge in [-0.15, -0.1) is 12.8 Å². The first-order chi connectivity index (χ1) is 5.75. The molecule has 0 aliphatic rings. The first-order valence-electron chi connectivity index (χ1n) is 3.31. The maximum Gasteiger partial charge on any atom is 0.287 e. The van der Waals surface area contributed by atoms with Crippen LogP contribution >= 0.6 is 0 Å². The highest BCUT2D eigenvalue weighted by Crippen LogP contribution is 2.01. The zero-order valence-corrected chi connectivity index (χ0v) is 7.09. The van der Waals surface area contributed by atoms with Crippen molar-refractivity contribution in [2.24, 2.45) is 0 Å². The molecule has 0 unspecified atom stereocenters. The molecule has 12 heavy (non-hydrogen) atoms. The zero-order valence-electron chi connectivity index (χ0n) is 7.09. The van der Waals surface area contributed by atoms with E-state index in [-0.39, 0.29) is 5.56 Å². The number of nitrogens with zero attached hydrogens (tertiary/aromatic N) is 1. The van der Waals surface area contributed by atoms with Crippen LogP contribution in [0.25, 0.3) is 0 Å². The highest BCUT2D eigenvalue weighted by Gasteiger charge is 1.98. The van der Waals surface area contributed by atoms with Gasteiger partial charge in [-0.2, -0.15) is 5.10 Å². The molecule has 0 saturated carbocycles. The third-order valence-corrected chi connectivity index (χ3v) is 1.30. The molecular formula is C8H11N3O. The lowest BCUT2D eigenvalue weighted by Crippen LogP contribution is -2.14. The highest BCUT2D eigenvalue weighted by atomic mass is 16.1. The normalized spacial score (nSPS) is 8.00. The van der Waals surface area contributed by atoms with Crippen LogP contribution in [0.5, 0.6) is 0 Å². The lowest BCUT2D eigenvalue weighted by molar-refractivity contribution is 0.975. The van der Waals surface area contributed by atoms with E-state index in [4.69, 9.17) is 0 Å². The van der Waals surface area contributed by atoms with Crippen LogP contribution in [0.1, 0.15) is 5.56 Å². The van der Waals surface area contributed by atoms with Gasteiger partial charge in [-0.3, -0.25) is 4.79 Å². The van der Waals surface area contributed by atoms with Gasteiger partial charge in [0.1, 0.15) is 5.69 Å². The number of aromatic nitrogens is 2. The molecule has 0 radical (unpaired) electrons. The zero-order chi connectivity index (χ0) is 9.56. The molecule has 0 fully saturated rings. The number of aryl methyl sites for hydroxylation is 1. The number of terminal acetylenes is 1. The average molecular weight is 165 g/mol. The Hall–Kier alpha value is -1.76. The fourth-order valence-corrected chi connectivity index (χ4v) is 0.798. The van der Waals surface area contributed by atoms with Crippen LogP contribution in [0, 0.1) is 19.8 Å². The van der Waals surface area contributed by atoms with Crippen molar-refractivity contribution in [3.63, 3.8) is 0 Å². The quantitative estimate of drug-likeness (QED) is 0.591. The van der Waals surface area contributed by atoms with E-state index in [1.54, 1.807) is 13.2 Å². The summed E-state index contributed by atoms with van der Waals surface area (Å²) in [5, 5.41) is 8.72. The van der Waals surface area contributed by atoms with E-state index >= 15 is 0 Å². The summed E-state index contributed by atoms with van der Waals surface area (Å²) in [6, 6.07) is 0. The van der Waals surface area contributed by atoms with E-state index in [0.717, 1.165) is 5.56 Å². The minimum absolute atomic E-state index is 0.178. The Labute approximate surface area is 71.0 Å². The predicted octanol–water partition coefficient (Wildman–Crippen LogP) is 0.369. The van der Waals surface area contributed by atoms with Gasteiger partial charge in [-0.05, 0) is 12.5 Å². The standard InChI is InChI=1S/C6H9N3O.C2H2/c1-4-3-8-9-6(10)5(4)7-2;1-2/h3H,1-2H3,(H,7,8)(H,9,10);1-2H. The fraction of sp³-hybridized carbons (Fsp3) is 0.250. The minimum atomic E-state index is -0.178. The van der Waals surface area contributed by atoms with Crippen LogP contribution in [-0.4, -0.2) is 17.2 Å². The van der Waals surface area contributed by atoms with E-state index in [1.807, 2.05) is 6.92 Å². The molecule has 2 N–H and O–H groups in total. The second kappa shape index (κ2) is 4.97. The van der Waals surface area contributed by atoms with Crippen LogP contribution in [0.3, 0.4) is 0 Å². The average Bonchev–Trinajstić information content (AvgIpc) is 2.08. The van der Waals surface area contributed by atoms with E-state index < -0.39 is 0 Å². The van der Waals surface area contributed by atoms with Gasteiger partial charge < -0.3 is 5.32 Å². The van der Waals surface area contributed by atoms with Crippen LogP contribution in [0.4, 0.5) is 5.69 Å². The van der Waals surface area contributed by atoms with Gasteiger partial charge in [0.15, 0.2) is 0 Å². The summed E-state index contributed by atoms with van der Waals surface area (Å²) in [6.07, 6.45) is 9.60. The maximum atomic E-state index is 10.9. The molecular weight excluding hydrogens is 154 g/mol. The van der Waals surface area contributed by atoms with Crippen molar-refractivity contribution in [3.05, 3.63) is 22.1 Å². The highest BCUT2D eigenvalue weighted by molar-refractivity contribution is 5.45. The van der Waals surface area contributed by atoms with Crippen molar-refractivity contribution >= 4 is 5.69 Å². The van der Waals surface area contributed by atoms with Crippen molar-refractivity contribution in [2.45, 2.75) is 6.92 Å². The van der Waals surface area contributed by atoms with Crippen molar-refractivity contribution < 1.29 is 0 Å². The molecule has 0 saturated heterocycles. The summed E-state index contributed by atoms with van der Waals surface area (Å²) in [5.41, 5.74) is 1.25. The Bertz CT molecular complexity index is 314. The summed E-state index contributed by atoms with van der Waals surface area (Å²) < 4.78 is 0. The third kappa shape index (κ3) is 2.13. The van der Waals surface area contributed by atoms with Crippen molar-refractivity contribution in [1.29, 1.82) is 0 Å². The Balaban J connectivity index is 0.000000561. The van der Waals surface area contributed by atoms with Gasteiger partial charge in [-0.1, -0.05) is 0 Å². The van der Waals surface area contributed by atoms with Crippen LogP contribution < -0.4 is 10.9 Å². The molecule has 0 atom stereocenters. The second-order valence-electron chi connectivity index (χ2n) is 2.01. The Morgan fingerprint density at radius 2 is 2.17 bits per heavy atom. The topological polar surface area (TPSA) is 57.8 Å². The smallest absolute Gasteiger partial charge is 0.287 e. The van der Waals surface area contributed by atoms with E-state index in [0.29, 0.717) is 5.69 Å². The van der Waals surface area contributed by atoms with Crippen molar-refractivity contribution in [2.75, 3.05) is 12.4 Å². The predicted molar refractivity (Wildman–Crippen MR) is 49.0 cm³/mol. The number of anilines is 1. The molecule has 0 aliphatic heterocycles. The summed E-state index contributed by atoms with van der Waals surface area (Å²) >= 11 is 0. The maximum absolute atomic E-state index is 10.9. The lowest BCUT2D eigenvalue weighted by atomic mass is 10.3. The van der Waals surface area contributed by atoms with Crippen molar-refractivity contribution in [3.8, 4) is 12.8 Å². The monoisotopic (exact) mass is 165 g/mol. The van der Waals surface area contributed by atoms with E-state index in [9.17, 15) is 4.79 Å². The molecule has 1 heterocycles. The molecule has 0 aromatic carbocycles. The minimum Gasteiger partial charge on any atom is -0.383 e.